The second kappa shape index (κ2) is 8.77. The summed E-state index contributed by atoms with van der Waals surface area (Å²) in [6.45, 7) is 3.84. The molecule has 8 nitrogen and oxygen atoms in total. The molecule has 1 aromatic carbocycles. The van der Waals surface area contributed by atoms with Crippen LogP contribution in [0.2, 0.25) is 0 Å². The molecule has 1 aliphatic heterocycles. The molecule has 1 saturated heterocycles. The van der Waals surface area contributed by atoms with Crippen LogP contribution in [0.15, 0.2) is 24.3 Å². The number of aryl methyl sites for hydroxylation is 1. The van der Waals surface area contributed by atoms with Crippen molar-refractivity contribution in [3.05, 3.63) is 29.8 Å². The van der Waals surface area contributed by atoms with Gasteiger partial charge in [0.1, 0.15) is 18.5 Å². The van der Waals surface area contributed by atoms with E-state index in [0.29, 0.717) is 12.5 Å². The number of hydrogen-bond acceptors (Lipinski definition) is 7. The number of rotatable bonds is 8. The summed E-state index contributed by atoms with van der Waals surface area (Å²) in [6.07, 6.45) is 3.27. The van der Waals surface area contributed by atoms with Gasteiger partial charge >= 0.3 is 0 Å². The van der Waals surface area contributed by atoms with Crippen LogP contribution in [0.1, 0.15) is 24.8 Å². The Bertz CT molecular complexity index is 656. The van der Waals surface area contributed by atoms with Crippen LogP contribution in [0.25, 0.3) is 0 Å². The number of aromatic nitrogens is 4. The number of aliphatic hydroxyl groups is 1. The minimum absolute atomic E-state index is 0.214. The molecule has 1 aliphatic rings. The topological polar surface area (TPSA) is 88.3 Å². The smallest absolute Gasteiger partial charge is 0.242 e. The Hall–Kier alpha value is -2.19. The average molecular weight is 346 g/mol. The zero-order chi connectivity index (χ0) is 17.5. The highest BCUT2D eigenvalue weighted by molar-refractivity contribution is 5.28. The maximum atomic E-state index is 10.1. The fraction of sp³-hybridized carbons (Fsp3) is 0.588. The van der Waals surface area contributed by atoms with Crippen LogP contribution in [-0.2, 0) is 13.6 Å². The molecule has 3 rings (SSSR count). The first-order chi connectivity index (χ1) is 12.2. The van der Waals surface area contributed by atoms with Gasteiger partial charge in [-0.1, -0.05) is 23.7 Å². The van der Waals surface area contributed by atoms with Crippen molar-refractivity contribution in [2.75, 3.05) is 31.6 Å². The lowest BCUT2D eigenvalue weighted by atomic mass is 10.1. The Kier molecular flexibility index (Phi) is 6.19. The normalized spacial score (nSPS) is 16.6. The van der Waals surface area contributed by atoms with E-state index < -0.39 is 6.10 Å². The fourth-order valence-corrected chi connectivity index (χ4v) is 2.95. The summed E-state index contributed by atoms with van der Waals surface area (Å²) in [5.74, 6) is 1.30. The molecule has 0 aliphatic carbocycles. The lowest BCUT2D eigenvalue weighted by molar-refractivity contribution is 0.117. The van der Waals surface area contributed by atoms with Gasteiger partial charge in [-0.25, -0.2) is 4.68 Å². The molecular weight excluding hydrogens is 320 g/mol. The van der Waals surface area contributed by atoms with E-state index in [1.165, 1.54) is 42.6 Å². The molecule has 0 amide bonds. The zero-order valence-corrected chi connectivity index (χ0v) is 14.6. The van der Waals surface area contributed by atoms with Crippen LogP contribution in [-0.4, -0.2) is 62.6 Å². The summed E-state index contributed by atoms with van der Waals surface area (Å²) in [5.41, 5.74) is 1.25. The molecule has 0 radical (unpaired) electrons. The summed E-state index contributed by atoms with van der Waals surface area (Å²) in [7, 11) is 1.74. The average Bonchev–Trinajstić information content (AvgIpc) is 3.04. The minimum atomic E-state index is -0.651. The molecule has 2 N–H and O–H groups in total. The number of hydrogen-bond donors (Lipinski definition) is 2. The standard InChI is InChI=1S/C17H26N6O2/c1-22-17(19-20-21-22)18-11-15(24)13-25-16-7-5-6-14(10-16)12-23-8-3-2-4-9-23/h5-7,10,15,24H,2-4,8-9,11-13H2,1H3,(H,18,19,21). The lowest BCUT2D eigenvalue weighted by Gasteiger charge is -2.26. The number of likely N-dealkylation sites (tertiary alicyclic amines) is 1. The van der Waals surface area contributed by atoms with Gasteiger partial charge in [0, 0.05) is 20.1 Å². The van der Waals surface area contributed by atoms with Crippen molar-refractivity contribution >= 4 is 5.95 Å². The predicted octanol–water partition coefficient (Wildman–Crippen LogP) is 1.05. The number of piperidine rings is 1. The van der Waals surface area contributed by atoms with Crippen LogP contribution in [0.4, 0.5) is 5.95 Å². The Morgan fingerprint density at radius 2 is 2.12 bits per heavy atom. The largest absolute Gasteiger partial charge is 0.491 e. The molecule has 8 heteroatoms. The van der Waals surface area contributed by atoms with E-state index in [4.69, 9.17) is 4.74 Å². The van der Waals surface area contributed by atoms with Gasteiger partial charge in [0.15, 0.2) is 0 Å². The lowest BCUT2D eigenvalue weighted by Crippen LogP contribution is -2.29. The van der Waals surface area contributed by atoms with Crippen LogP contribution < -0.4 is 10.1 Å². The maximum absolute atomic E-state index is 10.1. The number of nitrogens with one attached hydrogen (secondary N) is 1. The van der Waals surface area contributed by atoms with Crippen LogP contribution in [0.5, 0.6) is 5.75 Å². The van der Waals surface area contributed by atoms with Crippen LogP contribution >= 0.6 is 0 Å². The number of tetrazole rings is 1. The van der Waals surface area contributed by atoms with Gasteiger partial charge in [0.25, 0.3) is 0 Å². The molecule has 0 spiro atoms. The summed E-state index contributed by atoms with van der Waals surface area (Å²) in [4.78, 5) is 2.48. The third-order valence-corrected chi connectivity index (χ3v) is 4.31. The van der Waals surface area contributed by atoms with E-state index in [-0.39, 0.29) is 6.61 Å². The fourth-order valence-electron chi connectivity index (χ4n) is 2.95. The summed E-state index contributed by atoms with van der Waals surface area (Å²) >= 11 is 0. The highest BCUT2D eigenvalue weighted by Gasteiger charge is 2.11. The molecule has 0 saturated carbocycles. The van der Waals surface area contributed by atoms with Crippen molar-refractivity contribution < 1.29 is 9.84 Å². The predicted molar refractivity (Wildman–Crippen MR) is 94.4 cm³/mol. The molecule has 1 atom stereocenters. The van der Waals surface area contributed by atoms with Crippen LogP contribution in [0.3, 0.4) is 0 Å². The molecular formula is C17H26N6O2. The Labute approximate surface area is 147 Å². The highest BCUT2D eigenvalue weighted by Crippen LogP contribution is 2.17. The summed E-state index contributed by atoms with van der Waals surface area (Å²) in [6, 6.07) is 8.11. The van der Waals surface area contributed by atoms with Gasteiger partial charge in [-0.05, 0) is 54.1 Å². The number of nitrogens with zero attached hydrogens (tertiary/aromatic N) is 5. The Morgan fingerprint density at radius 3 is 2.88 bits per heavy atom. The molecule has 136 valence electrons. The second-order valence-electron chi connectivity index (χ2n) is 6.46. The van der Waals surface area contributed by atoms with Gasteiger partial charge in [0.2, 0.25) is 5.95 Å². The number of benzene rings is 1. The van der Waals surface area contributed by atoms with Gasteiger partial charge < -0.3 is 15.2 Å². The molecule has 1 unspecified atom stereocenters. The van der Waals surface area contributed by atoms with E-state index >= 15 is 0 Å². The third kappa shape index (κ3) is 5.40. The Balaban J connectivity index is 1.44. The number of ether oxygens (including phenoxy) is 1. The second-order valence-corrected chi connectivity index (χ2v) is 6.46. The molecule has 25 heavy (non-hydrogen) atoms. The molecule has 2 heterocycles. The van der Waals surface area contributed by atoms with Crippen molar-refractivity contribution in [1.29, 1.82) is 0 Å². The Morgan fingerprint density at radius 1 is 1.28 bits per heavy atom. The summed E-state index contributed by atoms with van der Waals surface area (Å²) in [5, 5.41) is 24.1. The maximum Gasteiger partial charge on any atom is 0.242 e. The van der Waals surface area contributed by atoms with E-state index in [1.54, 1.807) is 7.05 Å². The summed E-state index contributed by atoms with van der Waals surface area (Å²) < 4.78 is 7.24. The third-order valence-electron chi connectivity index (χ3n) is 4.31. The molecule has 0 bridgehead atoms. The van der Waals surface area contributed by atoms with Gasteiger partial charge in [-0.2, -0.15) is 0 Å². The quantitative estimate of drug-likeness (QED) is 0.738. The number of aliphatic hydroxyl groups excluding tert-OH is 1. The van der Waals surface area contributed by atoms with E-state index in [0.717, 1.165) is 12.3 Å². The van der Waals surface area contributed by atoms with Gasteiger partial charge in [0.05, 0.1) is 0 Å². The zero-order valence-electron chi connectivity index (χ0n) is 14.6. The minimum Gasteiger partial charge on any atom is -0.491 e. The van der Waals surface area contributed by atoms with Gasteiger partial charge in [-0.3, -0.25) is 4.90 Å². The van der Waals surface area contributed by atoms with E-state index in [9.17, 15) is 5.11 Å². The van der Waals surface area contributed by atoms with E-state index in [1.807, 2.05) is 12.1 Å². The van der Waals surface area contributed by atoms with E-state index in [2.05, 4.69) is 37.9 Å². The van der Waals surface area contributed by atoms with Crippen molar-refractivity contribution in [3.63, 3.8) is 0 Å². The van der Waals surface area contributed by atoms with Crippen molar-refractivity contribution in [1.82, 2.24) is 25.1 Å². The molecule has 1 aromatic heterocycles. The van der Waals surface area contributed by atoms with Crippen molar-refractivity contribution in [3.8, 4) is 5.75 Å². The molecule has 2 aromatic rings. The SMILES string of the molecule is Cn1nnnc1NCC(O)COc1cccc(CN2CCCCC2)c1. The first kappa shape index (κ1) is 17.6. The van der Waals surface area contributed by atoms with Gasteiger partial charge in [-0.15, -0.1) is 0 Å². The van der Waals surface area contributed by atoms with Crippen molar-refractivity contribution in [2.45, 2.75) is 31.9 Å². The molecule has 1 fully saturated rings. The van der Waals surface area contributed by atoms with Crippen LogP contribution in [0, 0.1) is 0 Å². The first-order valence-corrected chi connectivity index (χ1v) is 8.79. The van der Waals surface area contributed by atoms with Crippen molar-refractivity contribution in [2.24, 2.45) is 7.05 Å². The number of anilines is 1. The highest BCUT2D eigenvalue weighted by atomic mass is 16.5. The monoisotopic (exact) mass is 346 g/mol. The first-order valence-electron chi connectivity index (χ1n) is 8.79.